The Kier molecular flexibility index (Phi) is 4.15. The minimum absolute atomic E-state index is 0.588. The Morgan fingerprint density at radius 3 is 2.92 bits per heavy atom. The molecule has 0 aromatic heterocycles. The van der Waals surface area contributed by atoms with E-state index in [9.17, 15) is 0 Å². The summed E-state index contributed by atoms with van der Waals surface area (Å²) >= 11 is 4.93. The van der Waals surface area contributed by atoms with Crippen molar-refractivity contribution in [3.8, 4) is 0 Å². The van der Waals surface area contributed by atoms with Gasteiger partial charge in [-0.1, -0.05) is 13.3 Å². The van der Waals surface area contributed by atoms with Crippen LogP contribution in [-0.4, -0.2) is 17.9 Å². The van der Waals surface area contributed by atoms with Crippen molar-refractivity contribution in [2.75, 3.05) is 7.05 Å². The van der Waals surface area contributed by atoms with Gasteiger partial charge in [0.1, 0.15) is 0 Å². The molecule has 0 aromatic rings. The molecule has 0 bridgehead atoms. The third kappa shape index (κ3) is 3.30. The third-order valence-corrected chi connectivity index (χ3v) is 2.71. The van der Waals surface area contributed by atoms with Gasteiger partial charge in [-0.2, -0.15) is 5.10 Å². The molecule has 3 nitrogen and oxygen atoms in total. The van der Waals surface area contributed by atoms with Gasteiger partial charge in [0.2, 0.25) is 0 Å². The lowest BCUT2D eigenvalue weighted by molar-refractivity contribution is 0.555. The van der Waals surface area contributed by atoms with Gasteiger partial charge in [-0.15, -0.1) is 0 Å². The van der Waals surface area contributed by atoms with Crippen molar-refractivity contribution in [3.63, 3.8) is 0 Å². The summed E-state index contributed by atoms with van der Waals surface area (Å²) in [6, 6.07) is 0. The summed E-state index contributed by atoms with van der Waals surface area (Å²) in [5.74, 6) is 0.612. The predicted octanol–water partition coefficient (Wildman–Crippen LogP) is 1.65. The molecule has 0 spiro atoms. The van der Waals surface area contributed by atoms with Crippen LogP contribution in [-0.2, 0) is 0 Å². The number of hydrazone groups is 1. The highest BCUT2D eigenvalue weighted by molar-refractivity contribution is 7.80. The van der Waals surface area contributed by atoms with Crippen LogP contribution in [0.3, 0.4) is 0 Å². The summed E-state index contributed by atoms with van der Waals surface area (Å²) in [5, 5.41) is 7.72. The Morgan fingerprint density at radius 1 is 1.54 bits per heavy atom. The van der Waals surface area contributed by atoms with Crippen LogP contribution >= 0.6 is 12.2 Å². The maximum Gasteiger partial charge on any atom is 0.186 e. The fraction of sp³-hybridized carbons (Fsp3) is 0.778. The summed E-state index contributed by atoms with van der Waals surface area (Å²) in [6.45, 7) is 2.22. The highest BCUT2D eigenvalue weighted by atomic mass is 32.1. The van der Waals surface area contributed by atoms with Gasteiger partial charge in [0.05, 0.1) is 0 Å². The van der Waals surface area contributed by atoms with E-state index in [-0.39, 0.29) is 0 Å². The molecule has 1 aliphatic carbocycles. The Morgan fingerprint density at radius 2 is 2.31 bits per heavy atom. The van der Waals surface area contributed by atoms with E-state index >= 15 is 0 Å². The smallest absolute Gasteiger partial charge is 0.186 e. The molecule has 2 N–H and O–H groups in total. The molecule has 74 valence electrons. The van der Waals surface area contributed by atoms with Crippen LogP contribution in [0.15, 0.2) is 5.10 Å². The van der Waals surface area contributed by atoms with E-state index in [1.165, 1.54) is 25.0 Å². The second-order valence-electron chi connectivity index (χ2n) is 3.44. The average Bonchev–Trinajstić information content (AvgIpc) is 2.16. The molecule has 0 radical (unpaired) electrons. The minimum Gasteiger partial charge on any atom is -0.364 e. The molecule has 0 aromatic carbocycles. The van der Waals surface area contributed by atoms with Crippen molar-refractivity contribution in [1.82, 2.24) is 10.7 Å². The maximum absolute atomic E-state index is 4.93. The van der Waals surface area contributed by atoms with Gasteiger partial charge < -0.3 is 5.32 Å². The summed E-state index contributed by atoms with van der Waals surface area (Å²) in [6.07, 6.45) is 4.96. The Hall–Kier alpha value is -0.640. The first-order valence-electron chi connectivity index (χ1n) is 4.78. The molecule has 1 aliphatic rings. The normalized spacial score (nSPS) is 25.7. The van der Waals surface area contributed by atoms with Crippen molar-refractivity contribution in [1.29, 1.82) is 0 Å². The number of nitrogens with one attached hydrogen (secondary N) is 2. The van der Waals surface area contributed by atoms with E-state index in [0.717, 1.165) is 6.42 Å². The van der Waals surface area contributed by atoms with Crippen molar-refractivity contribution in [2.45, 2.75) is 32.6 Å². The quantitative estimate of drug-likeness (QED) is 0.498. The Bertz CT molecular complexity index is 213. The lowest BCUT2D eigenvalue weighted by atomic mass is 9.89. The molecule has 1 fully saturated rings. The molecular formula is C9H17N3S. The number of rotatable bonds is 1. The third-order valence-electron chi connectivity index (χ3n) is 2.42. The van der Waals surface area contributed by atoms with E-state index in [1.54, 1.807) is 7.05 Å². The summed E-state index contributed by atoms with van der Waals surface area (Å²) < 4.78 is 0. The fourth-order valence-electron chi connectivity index (χ4n) is 1.51. The van der Waals surface area contributed by atoms with Crippen LogP contribution in [0.2, 0.25) is 0 Å². The molecule has 0 aliphatic heterocycles. The second-order valence-corrected chi connectivity index (χ2v) is 3.85. The second kappa shape index (κ2) is 5.17. The molecule has 13 heavy (non-hydrogen) atoms. The molecule has 1 saturated carbocycles. The van der Waals surface area contributed by atoms with Crippen molar-refractivity contribution in [3.05, 3.63) is 0 Å². The summed E-state index contributed by atoms with van der Waals surface area (Å²) in [5.41, 5.74) is 4.09. The summed E-state index contributed by atoms with van der Waals surface area (Å²) in [4.78, 5) is 0. The number of hydrogen-bond donors (Lipinski definition) is 2. The van der Waals surface area contributed by atoms with Gasteiger partial charge in [0.15, 0.2) is 5.11 Å². The highest BCUT2D eigenvalue weighted by Gasteiger charge is 2.15. The number of nitrogens with zero attached hydrogens (tertiary/aromatic N) is 1. The van der Waals surface area contributed by atoms with E-state index in [0.29, 0.717) is 11.0 Å². The van der Waals surface area contributed by atoms with E-state index < -0.39 is 0 Å². The number of hydrogen-bond acceptors (Lipinski definition) is 2. The Balaban J connectivity index is 2.43. The van der Waals surface area contributed by atoms with Crippen molar-refractivity contribution >= 4 is 23.0 Å². The van der Waals surface area contributed by atoms with Gasteiger partial charge in [-0.25, -0.2) is 0 Å². The zero-order chi connectivity index (χ0) is 9.68. The minimum atomic E-state index is 0.588. The molecule has 1 atom stereocenters. The van der Waals surface area contributed by atoms with Crippen LogP contribution < -0.4 is 10.7 Å². The lowest BCUT2D eigenvalue weighted by Crippen LogP contribution is -2.30. The average molecular weight is 199 g/mol. The fourth-order valence-corrected chi connectivity index (χ4v) is 1.56. The SMILES string of the molecule is CNC(=S)N/N=C1\CCCCC1C. The molecular weight excluding hydrogens is 182 g/mol. The van der Waals surface area contributed by atoms with Gasteiger partial charge in [-0.3, -0.25) is 5.43 Å². The highest BCUT2D eigenvalue weighted by Crippen LogP contribution is 2.20. The standard InChI is InChI=1S/C9H17N3S/c1-7-5-3-4-6-8(7)11-12-9(13)10-2/h7H,3-6H2,1-2H3,(H2,10,12,13)/b11-8+. The predicted molar refractivity (Wildman–Crippen MR) is 59.9 cm³/mol. The van der Waals surface area contributed by atoms with E-state index in [2.05, 4.69) is 22.8 Å². The van der Waals surface area contributed by atoms with E-state index in [4.69, 9.17) is 12.2 Å². The largest absolute Gasteiger partial charge is 0.364 e. The zero-order valence-electron chi connectivity index (χ0n) is 8.26. The van der Waals surface area contributed by atoms with E-state index in [1.807, 2.05) is 0 Å². The maximum atomic E-state index is 4.93. The molecule has 4 heteroatoms. The summed E-state index contributed by atoms with van der Waals surface area (Å²) in [7, 11) is 1.79. The lowest BCUT2D eigenvalue weighted by Gasteiger charge is -2.19. The number of thiocarbonyl (C=S) groups is 1. The first kappa shape index (κ1) is 10.4. The molecule has 1 rings (SSSR count). The van der Waals surface area contributed by atoms with Crippen molar-refractivity contribution in [2.24, 2.45) is 11.0 Å². The van der Waals surface area contributed by atoms with Gasteiger partial charge in [0, 0.05) is 12.8 Å². The monoisotopic (exact) mass is 199 g/mol. The molecule has 0 heterocycles. The topological polar surface area (TPSA) is 36.4 Å². The first-order valence-corrected chi connectivity index (χ1v) is 5.19. The van der Waals surface area contributed by atoms with Gasteiger partial charge in [-0.05, 0) is 37.4 Å². The van der Waals surface area contributed by atoms with Gasteiger partial charge in [0.25, 0.3) is 0 Å². The van der Waals surface area contributed by atoms with Gasteiger partial charge >= 0.3 is 0 Å². The zero-order valence-corrected chi connectivity index (χ0v) is 9.08. The molecule has 1 unspecified atom stereocenters. The molecule has 0 amide bonds. The Labute approximate surface area is 85.0 Å². The van der Waals surface area contributed by atoms with Crippen LogP contribution in [0, 0.1) is 5.92 Å². The first-order chi connectivity index (χ1) is 6.24. The van der Waals surface area contributed by atoms with Crippen LogP contribution in [0.4, 0.5) is 0 Å². The van der Waals surface area contributed by atoms with Crippen LogP contribution in [0.25, 0.3) is 0 Å². The van der Waals surface area contributed by atoms with Crippen molar-refractivity contribution < 1.29 is 0 Å². The van der Waals surface area contributed by atoms with Crippen LogP contribution in [0.1, 0.15) is 32.6 Å². The van der Waals surface area contributed by atoms with Crippen LogP contribution in [0.5, 0.6) is 0 Å². The molecule has 0 saturated heterocycles.